The molecule has 26 heavy (non-hydrogen) atoms. The molecule has 0 aromatic carbocycles. The fourth-order valence-corrected chi connectivity index (χ4v) is 19.7. The first-order valence-corrected chi connectivity index (χ1v) is 12.9. The second-order valence-corrected chi connectivity index (χ2v) is 15.5. The molecule has 0 heteroatoms. The first-order chi connectivity index (χ1) is 12.9. The molecule has 0 N–H and O–H groups in total. The lowest BCUT2D eigenvalue weighted by atomic mass is 8.89. The zero-order valence-corrected chi connectivity index (χ0v) is 14.9. The van der Waals surface area contributed by atoms with E-state index in [1.54, 1.807) is 0 Å². The van der Waals surface area contributed by atoms with E-state index in [0.29, 0.717) is 0 Å². The predicted octanol–water partition coefficient (Wildman–Crippen LogP) is 3.10. The molecule has 18 fully saturated rings. The summed E-state index contributed by atoms with van der Waals surface area (Å²) in [7, 11) is 0. The van der Waals surface area contributed by atoms with Crippen LogP contribution in [-0.2, 0) is 0 Å². The Balaban J connectivity index is 0.977. The Kier molecular flexibility index (Phi) is 0.779. The quantitative estimate of drug-likeness (QED) is 0.740. The molecular formula is C26H24. The van der Waals surface area contributed by atoms with Crippen molar-refractivity contribution in [1.29, 1.82) is 0 Å². The summed E-state index contributed by atoms with van der Waals surface area (Å²) >= 11 is 0. The summed E-state index contributed by atoms with van der Waals surface area (Å²) in [6, 6.07) is 0. The molecule has 128 valence electrons. The zero-order valence-electron chi connectivity index (χ0n) is 14.9. The van der Waals surface area contributed by atoms with Crippen LogP contribution in [0.2, 0.25) is 0 Å². The third kappa shape index (κ3) is 0.396. The van der Waals surface area contributed by atoms with E-state index in [9.17, 15) is 0 Å². The Hall–Kier alpha value is 0. The molecule has 0 saturated heterocycles. The summed E-state index contributed by atoms with van der Waals surface area (Å²) in [5.74, 6) is 29.6. The zero-order chi connectivity index (χ0) is 14.9. The lowest BCUT2D eigenvalue weighted by molar-refractivity contribution is -0.689. The van der Waals surface area contributed by atoms with E-state index >= 15 is 0 Å². The Labute approximate surface area is 153 Å². The van der Waals surface area contributed by atoms with Crippen molar-refractivity contribution >= 4 is 0 Å². The van der Waals surface area contributed by atoms with E-state index in [1.807, 2.05) is 6.42 Å². The Morgan fingerprint density at radius 2 is 0.692 bits per heavy atom. The van der Waals surface area contributed by atoms with Gasteiger partial charge < -0.3 is 0 Å². The van der Waals surface area contributed by atoms with Crippen LogP contribution < -0.4 is 0 Å². The average molecular weight is 336 g/mol. The monoisotopic (exact) mass is 336 g/mol. The SMILES string of the molecule is C(C(C12C3C4C5C3C1C5C42)C12C3C4C5C3C1C5C42)C12C3C4C5C3C1C5C42. The molecule has 0 radical (unpaired) electrons. The van der Waals surface area contributed by atoms with E-state index in [2.05, 4.69) is 0 Å². The number of hydrogen-bond donors (Lipinski definition) is 0. The van der Waals surface area contributed by atoms with Gasteiger partial charge in [-0.15, -0.1) is 0 Å². The summed E-state index contributed by atoms with van der Waals surface area (Å²) in [6.45, 7) is 0. The van der Waals surface area contributed by atoms with E-state index in [0.717, 1.165) is 16.2 Å². The highest BCUT2D eigenvalue weighted by molar-refractivity contribution is 5.58. The van der Waals surface area contributed by atoms with Gasteiger partial charge in [-0.3, -0.25) is 0 Å². The largest absolute Gasteiger partial charge is 0.0428 e. The molecule has 18 rings (SSSR count). The fourth-order valence-electron chi connectivity index (χ4n) is 19.7. The molecule has 0 aliphatic heterocycles. The van der Waals surface area contributed by atoms with Crippen molar-refractivity contribution in [3.05, 3.63) is 0 Å². The fraction of sp³-hybridized carbons (Fsp3) is 1.00. The van der Waals surface area contributed by atoms with Crippen LogP contribution in [0, 0.1) is 146 Å². The maximum atomic E-state index is 1.86. The minimum atomic E-state index is 1.05. The summed E-state index contributed by atoms with van der Waals surface area (Å²) in [6.07, 6.45) is 1.86. The van der Waals surface area contributed by atoms with Crippen LogP contribution in [0.1, 0.15) is 6.42 Å². The summed E-state index contributed by atoms with van der Waals surface area (Å²) in [5.41, 5.74) is 3.16. The molecule has 18 aliphatic rings. The molecule has 0 nitrogen and oxygen atoms in total. The van der Waals surface area contributed by atoms with Crippen molar-refractivity contribution in [2.45, 2.75) is 6.42 Å². The van der Waals surface area contributed by atoms with Crippen molar-refractivity contribution in [1.82, 2.24) is 0 Å². The predicted molar refractivity (Wildman–Crippen MR) is 88.7 cm³/mol. The second kappa shape index (κ2) is 1.99. The third-order valence-corrected chi connectivity index (χ3v) is 18.6. The Bertz CT molecular complexity index is 869. The van der Waals surface area contributed by atoms with Gasteiger partial charge >= 0.3 is 0 Å². The van der Waals surface area contributed by atoms with Crippen LogP contribution in [0.15, 0.2) is 0 Å². The van der Waals surface area contributed by atoms with Crippen LogP contribution in [-0.4, -0.2) is 0 Å². The van der Waals surface area contributed by atoms with Crippen LogP contribution in [0.4, 0.5) is 0 Å². The van der Waals surface area contributed by atoms with Crippen molar-refractivity contribution in [2.24, 2.45) is 146 Å². The minimum absolute atomic E-state index is 1.05. The van der Waals surface area contributed by atoms with Gasteiger partial charge in [0.05, 0.1) is 0 Å². The molecule has 0 bridgehead atoms. The summed E-state index contributed by atoms with van der Waals surface area (Å²) in [5, 5.41) is 0. The molecule has 0 unspecified atom stereocenters. The maximum absolute atomic E-state index is 1.86. The average Bonchev–Trinajstić information content (AvgIpc) is 2.72. The molecule has 0 aromatic heterocycles. The second-order valence-electron chi connectivity index (χ2n) is 15.5. The molecule has 0 spiro atoms. The highest BCUT2D eigenvalue weighted by Crippen LogP contribution is 3.15. The van der Waals surface area contributed by atoms with Gasteiger partial charge in [-0.2, -0.15) is 0 Å². The lowest BCUT2D eigenvalue weighted by Gasteiger charge is -3.15. The van der Waals surface area contributed by atoms with Gasteiger partial charge in [-0.1, -0.05) is 0 Å². The molecule has 0 heterocycles. The van der Waals surface area contributed by atoms with Gasteiger partial charge in [-0.05, 0) is 153 Å². The van der Waals surface area contributed by atoms with Crippen molar-refractivity contribution in [3.63, 3.8) is 0 Å². The van der Waals surface area contributed by atoms with Gasteiger partial charge in [-0.25, -0.2) is 0 Å². The minimum Gasteiger partial charge on any atom is -0.0428 e. The highest BCUT2D eigenvalue weighted by Gasteiger charge is 3.12. The lowest BCUT2D eigenvalue weighted by Crippen LogP contribution is -3.12. The maximum Gasteiger partial charge on any atom is -0.0161 e. The van der Waals surface area contributed by atoms with Crippen molar-refractivity contribution < 1.29 is 0 Å². The van der Waals surface area contributed by atoms with Crippen LogP contribution >= 0.6 is 0 Å². The van der Waals surface area contributed by atoms with Gasteiger partial charge in [0.1, 0.15) is 0 Å². The number of hydrogen-bond acceptors (Lipinski definition) is 0. The summed E-state index contributed by atoms with van der Waals surface area (Å²) < 4.78 is 0. The van der Waals surface area contributed by atoms with E-state index in [1.165, 1.54) is 130 Å². The number of rotatable bonds is 4. The summed E-state index contributed by atoms with van der Waals surface area (Å²) in [4.78, 5) is 0. The van der Waals surface area contributed by atoms with Gasteiger partial charge in [0.25, 0.3) is 0 Å². The molecule has 0 amide bonds. The van der Waals surface area contributed by atoms with E-state index in [-0.39, 0.29) is 0 Å². The van der Waals surface area contributed by atoms with Crippen LogP contribution in [0.25, 0.3) is 0 Å². The Morgan fingerprint density at radius 3 is 1.04 bits per heavy atom. The van der Waals surface area contributed by atoms with Crippen LogP contribution in [0.3, 0.4) is 0 Å². The molecule has 18 saturated carbocycles. The smallest absolute Gasteiger partial charge is 0.0161 e. The van der Waals surface area contributed by atoms with Crippen LogP contribution in [0.5, 0.6) is 0 Å². The standard InChI is InChI=1S/C26H24/c1(24-15-6-3-7(15)17(24)8(3)16(6)24)2(25-18-9-4-10(18)20(25)11(4)19(9)25)26-21-12-5-13(21)23(26)14(5)22(12)26/h2-23H,1H2. The molecular weight excluding hydrogens is 312 g/mol. The van der Waals surface area contributed by atoms with E-state index in [4.69, 9.17) is 0 Å². The molecule has 0 aromatic rings. The van der Waals surface area contributed by atoms with Gasteiger partial charge in [0.15, 0.2) is 0 Å². The first kappa shape index (κ1) is 10.2. The third-order valence-electron chi connectivity index (χ3n) is 18.6. The van der Waals surface area contributed by atoms with Crippen molar-refractivity contribution in [2.75, 3.05) is 0 Å². The first-order valence-electron chi connectivity index (χ1n) is 12.9. The van der Waals surface area contributed by atoms with Crippen molar-refractivity contribution in [3.8, 4) is 0 Å². The van der Waals surface area contributed by atoms with Gasteiger partial charge in [0.2, 0.25) is 0 Å². The highest BCUT2D eigenvalue weighted by atomic mass is 15.2. The molecule has 0 atom stereocenters. The molecule has 18 aliphatic carbocycles. The normalized spacial score (nSPS) is 112. The topological polar surface area (TPSA) is 0 Å². The Morgan fingerprint density at radius 1 is 0.385 bits per heavy atom. The van der Waals surface area contributed by atoms with Gasteiger partial charge in [0, 0.05) is 0 Å². The van der Waals surface area contributed by atoms with E-state index < -0.39 is 0 Å².